The summed E-state index contributed by atoms with van der Waals surface area (Å²) in [4.78, 5) is 96.5. The highest BCUT2D eigenvalue weighted by Gasteiger charge is 2.37. The van der Waals surface area contributed by atoms with E-state index in [2.05, 4.69) is 81.1 Å². The van der Waals surface area contributed by atoms with Crippen molar-refractivity contribution >= 4 is 143 Å². The first-order valence-electron chi connectivity index (χ1n) is 37.1. The summed E-state index contributed by atoms with van der Waals surface area (Å²) in [5.41, 5.74) is 4.51. The monoisotopic (exact) mass is 1830 g/mol. The van der Waals surface area contributed by atoms with E-state index in [0.29, 0.717) is 77.9 Å². The molecule has 8 aromatic carbocycles. The van der Waals surface area contributed by atoms with Gasteiger partial charge < -0.3 is 46.1 Å². The van der Waals surface area contributed by atoms with Crippen molar-refractivity contribution in [1.29, 1.82) is 0 Å². The van der Waals surface area contributed by atoms with Crippen LogP contribution in [0.5, 0.6) is 0 Å². The molecule has 40 heteroatoms. The Morgan fingerprint density at radius 1 is 0.291 bits per heavy atom. The van der Waals surface area contributed by atoms with Crippen LogP contribution in [-0.2, 0) is 30.9 Å². The van der Waals surface area contributed by atoms with Crippen LogP contribution in [0.15, 0.2) is 206 Å². The number of anilines is 5. The number of hydrogen-bond donors (Lipinski definition) is 8. The highest BCUT2D eigenvalue weighted by Crippen LogP contribution is 2.40. The molecule has 0 aliphatic carbocycles. The summed E-state index contributed by atoms with van der Waals surface area (Å²) in [6.07, 6.45) is -22.9. The largest absolute Gasteiger partial charge is 0.433 e. The summed E-state index contributed by atoms with van der Waals surface area (Å²) >= 11 is 25.2. The molecule has 0 saturated heterocycles. The summed E-state index contributed by atoms with van der Waals surface area (Å²) in [6.45, 7) is 5.34. The third-order valence-electron chi connectivity index (χ3n) is 19.0. The SMILES string of the molecule is Cc1nc(C(F)(F)F)ccc1C(=O)Nc1ccc(Cl)c(-c2nc3ccc(C(F)(F)F)cc3[nH]2)c1.Cc1nc(C(F)(F)F)ccc1C(=O)Nc1ccc(Cl)c(-c2nc3ccc(N(C)C)cc3[nH]2)c1.Cc1nc(C(F)(F)F)ccc1C(=O)Nc1ccc(Cl)c(-c2nc3ccccc3[nH]2)c1.Cc1nc(C(F)(F)F)ccc1C(=O)Nc1ccc(Cl)c(-c2nc3ccccc3[nH]2)c1. The van der Waals surface area contributed by atoms with E-state index >= 15 is 0 Å². The second-order valence-electron chi connectivity index (χ2n) is 28.1. The van der Waals surface area contributed by atoms with E-state index in [0.717, 1.165) is 93.4 Å². The standard InChI is InChI=1S/C23H19ClF3N5O.C22H13ClF6N4O.2C21H14ClF3N4O/c1-12-15(6-9-20(28-12)23(25,26)27)22(33)29-13-4-7-17(24)16(10-13)21-30-18-8-5-14(32(2)3)11-19(18)31-21;1-10-13(4-7-18(30-10)22(27,28)29)20(34)31-12-3-5-15(23)14(9-12)19-32-16-6-2-11(21(24,25)26)8-17(16)33-19;2*1-11-13(7-9-18(26-11)21(23,24)25)20(30)27-12-6-8-15(22)14(10-12)19-28-16-4-2-3-5-17(16)29-19/h4-11H,1-3H3,(H,29,33)(H,30,31);2-9H,1H3,(H,31,34)(H,32,33);2*2-10H,1H3,(H,27,30)(H,28,29). The highest BCUT2D eigenvalue weighted by atomic mass is 35.5. The Balaban J connectivity index is 0.000000145. The lowest BCUT2D eigenvalue weighted by molar-refractivity contribution is -0.142. The van der Waals surface area contributed by atoms with Gasteiger partial charge in [0.25, 0.3) is 23.6 Å². The van der Waals surface area contributed by atoms with Crippen molar-refractivity contribution in [2.45, 2.75) is 58.6 Å². The molecule has 0 aliphatic rings. The molecule has 0 bridgehead atoms. The molecule has 0 saturated carbocycles. The van der Waals surface area contributed by atoms with Crippen molar-refractivity contribution in [2.75, 3.05) is 40.3 Å². The molecule has 0 fully saturated rings. The minimum Gasteiger partial charge on any atom is -0.378 e. The van der Waals surface area contributed by atoms with Gasteiger partial charge in [0.1, 0.15) is 46.1 Å². The number of nitrogens with zero attached hydrogens (tertiary/aromatic N) is 9. The fourth-order valence-corrected chi connectivity index (χ4v) is 13.5. The molecule has 0 radical (unpaired) electrons. The Morgan fingerprint density at radius 3 is 0.811 bits per heavy atom. The smallest absolute Gasteiger partial charge is 0.378 e. The Hall–Kier alpha value is -14.0. The molecule has 0 spiro atoms. The normalized spacial score (nSPS) is 11.8. The fourth-order valence-electron chi connectivity index (χ4n) is 12.6. The van der Waals surface area contributed by atoms with Crippen molar-refractivity contribution in [3.8, 4) is 45.6 Å². The van der Waals surface area contributed by atoms with Crippen molar-refractivity contribution in [3.63, 3.8) is 0 Å². The number of hydrogen-bond acceptors (Lipinski definition) is 13. The lowest BCUT2D eigenvalue weighted by atomic mass is 10.1. The minimum absolute atomic E-state index is 0.0196. The zero-order valence-corrected chi connectivity index (χ0v) is 69.0. The summed E-state index contributed by atoms with van der Waals surface area (Å²) < 4.78 is 193. The van der Waals surface area contributed by atoms with E-state index in [1.807, 2.05) is 85.7 Å². The maximum Gasteiger partial charge on any atom is 0.433 e. The molecule has 0 atom stereocenters. The van der Waals surface area contributed by atoms with Gasteiger partial charge in [0.15, 0.2) is 0 Å². The van der Waals surface area contributed by atoms with Crippen LogP contribution in [-0.4, -0.2) is 97.5 Å². The zero-order chi connectivity index (χ0) is 91.7. The van der Waals surface area contributed by atoms with Gasteiger partial charge in [-0.25, -0.2) is 39.9 Å². The Morgan fingerprint density at radius 2 is 0.551 bits per heavy atom. The quantitative estimate of drug-likeness (QED) is 0.0499. The van der Waals surface area contributed by atoms with Crippen LogP contribution in [0.4, 0.5) is 94.3 Å². The number of carbonyl (C=O) groups is 4. The number of alkyl halides is 15. The van der Waals surface area contributed by atoms with Gasteiger partial charge in [-0.05, 0) is 210 Å². The number of nitrogens with one attached hydrogen (secondary N) is 8. The Bertz CT molecular complexity index is 6680. The predicted octanol–water partition coefficient (Wildman–Crippen LogP) is 24.5. The molecule has 8 aromatic heterocycles. The molecule has 127 heavy (non-hydrogen) atoms. The first-order chi connectivity index (χ1) is 59.8. The number of aromatic nitrogens is 12. The lowest BCUT2D eigenvalue weighted by Crippen LogP contribution is -2.16. The van der Waals surface area contributed by atoms with E-state index in [1.54, 1.807) is 54.6 Å². The molecule has 8 heterocycles. The first kappa shape index (κ1) is 90.7. The number of halogens is 19. The van der Waals surface area contributed by atoms with Gasteiger partial charge >= 0.3 is 30.9 Å². The van der Waals surface area contributed by atoms with Crippen LogP contribution in [0, 0.1) is 27.7 Å². The van der Waals surface area contributed by atoms with Crippen molar-refractivity contribution in [3.05, 3.63) is 300 Å². The fraction of sp³-hybridized carbons (Fsp3) is 0.126. The van der Waals surface area contributed by atoms with Gasteiger partial charge in [-0.15, -0.1) is 0 Å². The van der Waals surface area contributed by atoms with Crippen molar-refractivity contribution in [2.24, 2.45) is 0 Å². The molecule has 21 nitrogen and oxygen atoms in total. The second kappa shape index (κ2) is 36.3. The van der Waals surface area contributed by atoms with Crippen molar-refractivity contribution in [1.82, 2.24) is 59.8 Å². The Kier molecular flexibility index (Phi) is 25.9. The number of para-hydroxylation sites is 4. The van der Waals surface area contributed by atoms with Crippen LogP contribution in [0.25, 0.3) is 89.7 Å². The summed E-state index contributed by atoms with van der Waals surface area (Å²) in [6, 6.07) is 50.1. The molecule has 0 aliphatic heterocycles. The number of amides is 4. The van der Waals surface area contributed by atoms with Crippen LogP contribution >= 0.6 is 46.4 Å². The van der Waals surface area contributed by atoms with Gasteiger partial charge in [0.05, 0.1) is 115 Å². The van der Waals surface area contributed by atoms with E-state index in [1.165, 1.54) is 52.0 Å². The molecule has 650 valence electrons. The maximum atomic E-state index is 13.0. The number of rotatable bonds is 13. The third kappa shape index (κ3) is 21.4. The summed E-state index contributed by atoms with van der Waals surface area (Å²) in [5.74, 6) is -0.682. The number of pyridine rings is 4. The van der Waals surface area contributed by atoms with Crippen LogP contribution < -0.4 is 26.2 Å². The number of aryl methyl sites for hydroxylation is 4. The number of carbonyl (C=O) groups excluding carboxylic acids is 4. The molecule has 4 amide bonds. The van der Waals surface area contributed by atoms with Gasteiger partial charge in [-0.3, -0.25) is 19.2 Å². The molecule has 8 N–H and O–H groups in total. The van der Waals surface area contributed by atoms with Gasteiger partial charge in [-0.1, -0.05) is 70.7 Å². The number of benzene rings is 8. The Labute approximate surface area is 727 Å². The summed E-state index contributed by atoms with van der Waals surface area (Å²) in [7, 11) is 3.88. The third-order valence-corrected chi connectivity index (χ3v) is 20.3. The van der Waals surface area contributed by atoms with Crippen LogP contribution in [0.2, 0.25) is 20.1 Å². The van der Waals surface area contributed by atoms with E-state index < -0.39 is 82.8 Å². The maximum absolute atomic E-state index is 13.0. The van der Waals surface area contributed by atoms with Crippen molar-refractivity contribution < 1.29 is 85.0 Å². The lowest BCUT2D eigenvalue weighted by Gasteiger charge is -2.11. The molecule has 16 aromatic rings. The average molecular weight is 1830 g/mol. The highest BCUT2D eigenvalue weighted by molar-refractivity contribution is 6.35. The number of H-pyrrole nitrogens is 4. The first-order valence-corrected chi connectivity index (χ1v) is 38.6. The van der Waals surface area contributed by atoms with E-state index in [4.69, 9.17) is 46.4 Å². The van der Waals surface area contributed by atoms with Gasteiger partial charge in [-0.2, -0.15) is 65.9 Å². The number of imidazole rings is 4. The molecular formula is C87H60Cl4F15N17O4. The zero-order valence-electron chi connectivity index (χ0n) is 66.0. The summed E-state index contributed by atoms with van der Waals surface area (Å²) in [5, 5.41) is 12.1. The predicted molar refractivity (Wildman–Crippen MR) is 453 cm³/mol. The van der Waals surface area contributed by atoms with Gasteiger partial charge in [0, 0.05) is 64.8 Å². The molecule has 16 rings (SSSR count). The number of aromatic amines is 4. The van der Waals surface area contributed by atoms with Crippen LogP contribution in [0.3, 0.4) is 0 Å². The minimum atomic E-state index is -4.64. The number of fused-ring (bicyclic) bond motifs is 4. The molecule has 0 unspecified atom stereocenters. The topological polar surface area (TPSA) is 286 Å². The van der Waals surface area contributed by atoms with E-state index in [9.17, 15) is 85.0 Å². The second-order valence-corrected chi connectivity index (χ2v) is 29.7. The average Bonchev–Trinajstić information content (AvgIpc) is 1.64. The van der Waals surface area contributed by atoms with Gasteiger partial charge in [0.2, 0.25) is 0 Å². The van der Waals surface area contributed by atoms with Crippen LogP contribution in [0.1, 0.15) is 92.5 Å². The molecular weight excluding hydrogens is 1770 g/mol. The van der Waals surface area contributed by atoms with E-state index in [-0.39, 0.29) is 72.6 Å².